The Bertz CT molecular complexity index is 635. The van der Waals surface area contributed by atoms with Gasteiger partial charge >= 0.3 is 0 Å². The Morgan fingerprint density at radius 3 is 2.50 bits per heavy atom. The lowest BCUT2D eigenvalue weighted by Crippen LogP contribution is -2.37. The number of rotatable bonds is 1. The van der Waals surface area contributed by atoms with E-state index in [1.807, 2.05) is 30.5 Å². The van der Waals surface area contributed by atoms with Crippen LogP contribution in [-0.4, -0.2) is 34.5 Å². The summed E-state index contributed by atoms with van der Waals surface area (Å²) >= 11 is 0. The highest BCUT2D eigenvalue weighted by atomic mass is 15.1. The Morgan fingerprint density at radius 2 is 1.78 bits per heavy atom. The first-order chi connectivity index (χ1) is 8.90. The van der Waals surface area contributed by atoms with Crippen molar-refractivity contribution in [2.75, 3.05) is 19.6 Å². The second kappa shape index (κ2) is 3.89. The predicted octanol–water partition coefficient (Wildman–Crippen LogP) is 2.49. The fourth-order valence-electron chi connectivity index (χ4n) is 2.98. The fraction of sp³-hybridized carbons (Fsp3) is 0.333. The van der Waals surface area contributed by atoms with E-state index in [0.717, 1.165) is 23.3 Å². The first-order valence-electron chi connectivity index (χ1n) is 6.55. The van der Waals surface area contributed by atoms with E-state index in [1.165, 1.54) is 31.5 Å². The molecule has 1 aromatic carbocycles. The zero-order chi connectivity index (χ0) is 11.9. The molecular weight excluding hydrogens is 222 g/mol. The maximum Gasteiger partial charge on any atom is 0.0894 e. The second-order valence-corrected chi connectivity index (χ2v) is 5.10. The van der Waals surface area contributed by atoms with Gasteiger partial charge < -0.3 is 0 Å². The van der Waals surface area contributed by atoms with Crippen LogP contribution in [0.5, 0.6) is 0 Å². The maximum absolute atomic E-state index is 4.77. The summed E-state index contributed by atoms with van der Waals surface area (Å²) in [6.07, 6.45) is 4.36. The number of piperidine rings is 1. The van der Waals surface area contributed by atoms with Crippen LogP contribution in [0.1, 0.15) is 18.5 Å². The standard InChI is InChI=1S/C15H15N3/c1-2-4-14-13(3-1)16-9-15(17-14)12-10-18-7-5-11(12)6-8-18/h1-4,9H,5-8,10H2. The lowest BCUT2D eigenvalue weighted by atomic mass is 9.90. The van der Waals surface area contributed by atoms with Gasteiger partial charge in [-0.1, -0.05) is 17.7 Å². The van der Waals surface area contributed by atoms with E-state index in [1.54, 1.807) is 5.57 Å². The normalized spacial score (nSPS) is 19.8. The van der Waals surface area contributed by atoms with Gasteiger partial charge in [-0.15, -0.1) is 0 Å². The van der Waals surface area contributed by atoms with Gasteiger partial charge in [0.15, 0.2) is 0 Å². The number of hydrogen-bond donors (Lipinski definition) is 0. The van der Waals surface area contributed by atoms with Crippen molar-refractivity contribution in [1.82, 2.24) is 14.9 Å². The average Bonchev–Trinajstić information content (AvgIpc) is 2.48. The first-order valence-corrected chi connectivity index (χ1v) is 6.55. The van der Waals surface area contributed by atoms with Crippen LogP contribution >= 0.6 is 0 Å². The molecule has 1 saturated heterocycles. The molecule has 2 aromatic rings. The summed E-state index contributed by atoms with van der Waals surface area (Å²) < 4.78 is 0. The van der Waals surface area contributed by atoms with Gasteiger partial charge in [-0.3, -0.25) is 9.88 Å². The third kappa shape index (κ3) is 1.55. The van der Waals surface area contributed by atoms with Crippen LogP contribution in [0.15, 0.2) is 36.0 Å². The van der Waals surface area contributed by atoms with Crippen molar-refractivity contribution in [3.05, 3.63) is 41.7 Å². The van der Waals surface area contributed by atoms with Crippen LogP contribution in [-0.2, 0) is 0 Å². The fourth-order valence-corrected chi connectivity index (χ4v) is 2.98. The molecule has 0 saturated carbocycles. The molecule has 5 rings (SSSR count). The van der Waals surface area contributed by atoms with Crippen LogP contribution in [0.25, 0.3) is 16.6 Å². The number of nitrogens with zero attached hydrogens (tertiary/aromatic N) is 3. The minimum Gasteiger partial charge on any atom is -0.298 e. The Labute approximate surface area is 106 Å². The van der Waals surface area contributed by atoms with Crippen molar-refractivity contribution in [3.8, 4) is 0 Å². The predicted molar refractivity (Wildman–Crippen MR) is 72.1 cm³/mol. The molecule has 0 N–H and O–H groups in total. The molecule has 0 aliphatic carbocycles. The highest BCUT2D eigenvalue weighted by Crippen LogP contribution is 2.32. The molecule has 0 atom stereocenters. The second-order valence-electron chi connectivity index (χ2n) is 5.10. The molecule has 3 aliphatic heterocycles. The van der Waals surface area contributed by atoms with Crippen molar-refractivity contribution in [2.24, 2.45) is 0 Å². The number of aromatic nitrogens is 2. The minimum atomic E-state index is 0.980. The van der Waals surface area contributed by atoms with E-state index in [9.17, 15) is 0 Å². The molecule has 4 heterocycles. The largest absolute Gasteiger partial charge is 0.298 e. The van der Waals surface area contributed by atoms with Crippen molar-refractivity contribution < 1.29 is 0 Å². The van der Waals surface area contributed by atoms with Crippen molar-refractivity contribution in [2.45, 2.75) is 12.8 Å². The Morgan fingerprint density at radius 1 is 1.00 bits per heavy atom. The molecule has 0 radical (unpaired) electrons. The summed E-state index contributed by atoms with van der Waals surface area (Å²) in [5.74, 6) is 0. The molecular formula is C15H15N3. The summed E-state index contributed by atoms with van der Waals surface area (Å²) in [5.41, 5.74) is 6.08. The summed E-state index contributed by atoms with van der Waals surface area (Å²) in [4.78, 5) is 11.8. The summed E-state index contributed by atoms with van der Waals surface area (Å²) in [6.45, 7) is 3.50. The minimum absolute atomic E-state index is 0.980. The summed E-state index contributed by atoms with van der Waals surface area (Å²) in [7, 11) is 0. The van der Waals surface area contributed by atoms with E-state index < -0.39 is 0 Å². The number of fused-ring (bicyclic) bond motifs is 4. The molecule has 90 valence electrons. The van der Waals surface area contributed by atoms with Gasteiger partial charge in [-0.05, 0) is 30.5 Å². The van der Waals surface area contributed by atoms with Crippen LogP contribution in [0.2, 0.25) is 0 Å². The highest BCUT2D eigenvalue weighted by Gasteiger charge is 2.25. The van der Waals surface area contributed by atoms with Crippen LogP contribution in [0, 0.1) is 0 Å². The zero-order valence-corrected chi connectivity index (χ0v) is 10.3. The monoisotopic (exact) mass is 237 g/mol. The van der Waals surface area contributed by atoms with E-state index in [4.69, 9.17) is 4.98 Å². The third-order valence-corrected chi connectivity index (χ3v) is 4.03. The molecule has 3 aliphatic rings. The van der Waals surface area contributed by atoms with Gasteiger partial charge in [0, 0.05) is 19.6 Å². The number of benzene rings is 1. The number of hydrogen-bond acceptors (Lipinski definition) is 3. The van der Waals surface area contributed by atoms with Crippen molar-refractivity contribution in [1.29, 1.82) is 0 Å². The van der Waals surface area contributed by atoms with E-state index in [0.29, 0.717) is 0 Å². The Kier molecular flexibility index (Phi) is 2.20. The van der Waals surface area contributed by atoms with Gasteiger partial charge in [-0.25, -0.2) is 4.98 Å². The van der Waals surface area contributed by atoms with Gasteiger partial charge in [0.2, 0.25) is 0 Å². The molecule has 2 bridgehead atoms. The van der Waals surface area contributed by atoms with E-state index in [-0.39, 0.29) is 0 Å². The SMILES string of the molecule is c1ccc2nc(C3=C4CCN(CC4)C3)cnc2c1. The van der Waals surface area contributed by atoms with E-state index >= 15 is 0 Å². The van der Waals surface area contributed by atoms with Crippen LogP contribution < -0.4 is 0 Å². The Balaban J connectivity index is 1.85. The lowest BCUT2D eigenvalue weighted by Gasteiger charge is -2.36. The topological polar surface area (TPSA) is 29.0 Å². The molecule has 1 aromatic heterocycles. The van der Waals surface area contributed by atoms with Gasteiger partial charge in [0.25, 0.3) is 0 Å². The molecule has 0 spiro atoms. The smallest absolute Gasteiger partial charge is 0.0894 e. The first kappa shape index (κ1) is 10.2. The molecule has 0 unspecified atom stereocenters. The molecule has 3 heteroatoms. The molecule has 0 amide bonds. The van der Waals surface area contributed by atoms with Crippen molar-refractivity contribution >= 4 is 16.6 Å². The van der Waals surface area contributed by atoms with E-state index in [2.05, 4.69) is 9.88 Å². The summed E-state index contributed by atoms with van der Waals surface area (Å²) in [5, 5.41) is 0. The number of para-hydroxylation sites is 2. The van der Waals surface area contributed by atoms with Gasteiger partial charge in [0.05, 0.1) is 22.9 Å². The Hall–Kier alpha value is -1.74. The van der Waals surface area contributed by atoms with Crippen LogP contribution in [0.3, 0.4) is 0 Å². The van der Waals surface area contributed by atoms with Gasteiger partial charge in [0.1, 0.15) is 0 Å². The molecule has 1 fully saturated rings. The van der Waals surface area contributed by atoms with Crippen molar-refractivity contribution in [3.63, 3.8) is 0 Å². The quantitative estimate of drug-likeness (QED) is 0.763. The zero-order valence-electron chi connectivity index (χ0n) is 10.3. The average molecular weight is 237 g/mol. The maximum atomic E-state index is 4.77. The summed E-state index contributed by atoms with van der Waals surface area (Å²) in [6, 6.07) is 8.08. The molecule has 18 heavy (non-hydrogen) atoms. The highest BCUT2D eigenvalue weighted by molar-refractivity contribution is 5.78. The van der Waals surface area contributed by atoms with Crippen LogP contribution in [0.4, 0.5) is 0 Å². The van der Waals surface area contributed by atoms with Gasteiger partial charge in [-0.2, -0.15) is 0 Å². The lowest BCUT2D eigenvalue weighted by molar-refractivity contribution is 0.268. The third-order valence-electron chi connectivity index (χ3n) is 4.03. The molecule has 3 nitrogen and oxygen atoms in total.